The van der Waals surface area contributed by atoms with Gasteiger partial charge in [0.2, 0.25) is 5.91 Å². The summed E-state index contributed by atoms with van der Waals surface area (Å²) in [5.74, 6) is -0.368. The van der Waals surface area contributed by atoms with Crippen LogP contribution in [-0.4, -0.2) is 26.1 Å². The molecular weight excluding hydrogens is 220 g/mol. The van der Waals surface area contributed by atoms with Crippen molar-refractivity contribution < 1.29 is 4.79 Å². The van der Waals surface area contributed by atoms with E-state index >= 15 is 0 Å². The molecule has 0 radical (unpaired) electrons. The maximum Gasteiger partial charge on any atom is 0.238 e. The summed E-state index contributed by atoms with van der Waals surface area (Å²) < 4.78 is 1.43. The number of nitrogens with zero attached hydrogens (tertiary/aromatic N) is 5. The molecule has 0 saturated heterocycles. The number of carbonyl (C=O) groups excluding carboxylic acids is 1. The molecule has 7 nitrogen and oxygen atoms in total. The van der Waals surface area contributed by atoms with Crippen LogP contribution in [0, 0.1) is 11.3 Å². The second-order valence-corrected chi connectivity index (χ2v) is 3.15. The number of nitrogens with one attached hydrogen (secondary N) is 1. The van der Waals surface area contributed by atoms with Crippen LogP contribution < -0.4 is 5.32 Å². The first-order chi connectivity index (χ1) is 8.31. The zero-order valence-electron chi connectivity index (χ0n) is 8.74. The number of amides is 1. The van der Waals surface area contributed by atoms with Crippen LogP contribution >= 0.6 is 0 Å². The third-order valence-electron chi connectivity index (χ3n) is 2.01. The molecule has 0 fully saturated rings. The second-order valence-electron chi connectivity index (χ2n) is 3.15. The van der Waals surface area contributed by atoms with Gasteiger partial charge in [0.1, 0.15) is 12.7 Å². The molecular formula is C10H8N6O. The maximum absolute atomic E-state index is 11.3. The van der Waals surface area contributed by atoms with Crippen molar-refractivity contribution in [1.82, 2.24) is 20.2 Å². The molecule has 0 aliphatic carbocycles. The fourth-order valence-corrected chi connectivity index (χ4v) is 1.32. The molecule has 1 heterocycles. The zero-order valence-corrected chi connectivity index (χ0v) is 8.74. The third kappa shape index (κ3) is 2.43. The quantitative estimate of drug-likeness (QED) is 0.825. The lowest BCUT2D eigenvalue weighted by Gasteiger charge is -2.08. The molecule has 7 heteroatoms. The number of aromatic nitrogens is 4. The van der Waals surface area contributed by atoms with Crippen molar-refractivity contribution in [3.63, 3.8) is 0 Å². The molecule has 1 aromatic carbocycles. The number of nitriles is 1. The Hall–Kier alpha value is -2.75. The highest BCUT2D eigenvalue weighted by atomic mass is 16.1. The Balaban J connectivity index is 2.29. The highest BCUT2D eigenvalue weighted by molar-refractivity contribution is 5.93. The minimum absolute atomic E-state index is 0.191. The molecule has 0 spiro atoms. The van der Waals surface area contributed by atoms with Gasteiger partial charge in [-0.3, -0.25) is 4.79 Å². The Kier molecular flexibility index (Phi) is 3.07. The van der Waals surface area contributed by atoms with Crippen molar-refractivity contribution in [3.05, 3.63) is 30.6 Å². The van der Waals surface area contributed by atoms with Gasteiger partial charge in [-0.15, -0.1) is 5.10 Å². The van der Waals surface area contributed by atoms with Crippen LogP contribution in [0.4, 0.5) is 5.69 Å². The highest BCUT2D eigenvalue weighted by Crippen LogP contribution is 2.18. The molecule has 17 heavy (non-hydrogen) atoms. The highest BCUT2D eigenvalue weighted by Gasteiger charge is 2.08. The number of hydrogen-bond acceptors (Lipinski definition) is 5. The molecule has 1 N–H and O–H groups in total. The lowest BCUT2D eigenvalue weighted by Crippen LogP contribution is -2.12. The Bertz CT molecular complexity index is 556. The van der Waals surface area contributed by atoms with E-state index in [1.54, 1.807) is 30.3 Å². The van der Waals surface area contributed by atoms with Crippen LogP contribution in [-0.2, 0) is 4.79 Å². The van der Waals surface area contributed by atoms with Gasteiger partial charge in [0.05, 0.1) is 17.4 Å². The van der Waals surface area contributed by atoms with E-state index in [9.17, 15) is 4.79 Å². The maximum atomic E-state index is 11.3. The van der Waals surface area contributed by atoms with E-state index in [4.69, 9.17) is 5.26 Å². The lowest BCUT2D eigenvalue weighted by atomic mass is 10.2. The minimum Gasteiger partial charge on any atom is -0.323 e. The average molecular weight is 228 g/mol. The van der Waals surface area contributed by atoms with Gasteiger partial charge in [-0.05, 0) is 22.6 Å². The van der Waals surface area contributed by atoms with Crippen molar-refractivity contribution in [3.8, 4) is 11.8 Å². The number of hydrogen-bond donors (Lipinski definition) is 1. The molecule has 1 aromatic heterocycles. The molecule has 0 atom stereocenters. The molecule has 2 aromatic rings. The normalized spacial score (nSPS) is 9.59. The van der Waals surface area contributed by atoms with E-state index in [-0.39, 0.29) is 12.3 Å². The molecule has 0 saturated carbocycles. The Labute approximate surface area is 96.7 Å². The van der Waals surface area contributed by atoms with Crippen LogP contribution in [0.1, 0.15) is 6.42 Å². The van der Waals surface area contributed by atoms with Crippen LogP contribution in [0.2, 0.25) is 0 Å². The standard InChI is InChI=1S/C10H8N6O/c11-6-5-10(17)13-8-3-1-2-4-9(8)16-7-12-14-15-16/h1-4,7H,5H2,(H,13,17). The van der Waals surface area contributed by atoms with Gasteiger partial charge in [-0.2, -0.15) is 9.94 Å². The van der Waals surface area contributed by atoms with Gasteiger partial charge >= 0.3 is 0 Å². The van der Waals surface area contributed by atoms with Gasteiger partial charge < -0.3 is 5.32 Å². The van der Waals surface area contributed by atoms with Crippen LogP contribution in [0.5, 0.6) is 0 Å². The van der Waals surface area contributed by atoms with Gasteiger partial charge in [0.15, 0.2) is 0 Å². The number of para-hydroxylation sites is 2. The van der Waals surface area contributed by atoms with Gasteiger partial charge in [-0.25, -0.2) is 0 Å². The van der Waals surface area contributed by atoms with Crippen molar-refractivity contribution in [2.24, 2.45) is 0 Å². The number of tetrazole rings is 1. The largest absolute Gasteiger partial charge is 0.323 e. The Morgan fingerprint density at radius 3 is 3.00 bits per heavy atom. The van der Waals surface area contributed by atoms with Gasteiger partial charge in [0, 0.05) is 0 Å². The van der Waals surface area contributed by atoms with Crippen molar-refractivity contribution in [2.75, 3.05) is 5.32 Å². The summed E-state index contributed by atoms with van der Waals surface area (Å²) in [6, 6.07) is 8.84. The van der Waals surface area contributed by atoms with Crippen molar-refractivity contribution in [1.29, 1.82) is 5.26 Å². The molecule has 1 amide bonds. The topological polar surface area (TPSA) is 96.5 Å². The SMILES string of the molecule is N#CCC(=O)Nc1ccccc1-n1cnnn1. The second kappa shape index (κ2) is 4.85. The first-order valence-corrected chi connectivity index (χ1v) is 4.80. The van der Waals surface area contributed by atoms with Crippen LogP contribution in [0.25, 0.3) is 5.69 Å². The van der Waals surface area contributed by atoms with E-state index in [1.165, 1.54) is 11.0 Å². The number of rotatable bonds is 3. The first-order valence-electron chi connectivity index (χ1n) is 4.80. The molecule has 84 valence electrons. The Morgan fingerprint density at radius 1 is 1.47 bits per heavy atom. The van der Waals surface area contributed by atoms with Gasteiger partial charge in [-0.1, -0.05) is 12.1 Å². The number of benzene rings is 1. The number of carbonyl (C=O) groups is 1. The predicted molar refractivity (Wildman–Crippen MR) is 58.0 cm³/mol. The summed E-state index contributed by atoms with van der Waals surface area (Å²) in [5, 5.41) is 21.8. The van der Waals surface area contributed by atoms with Crippen molar-refractivity contribution >= 4 is 11.6 Å². The van der Waals surface area contributed by atoms with E-state index in [1.807, 2.05) is 0 Å². The van der Waals surface area contributed by atoms with Crippen molar-refractivity contribution in [2.45, 2.75) is 6.42 Å². The zero-order chi connectivity index (χ0) is 12.1. The van der Waals surface area contributed by atoms with E-state index < -0.39 is 0 Å². The van der Waals surface area contributed by atoms with E-state index in [0.717, 1.165) is 0 Å². The molecule has 2 rings (SSSR count). The summed E-state index contributed by atoms with van der Waals surface area (Å²) in [7, 11) is 0. The molecule has 0 unspecified atom stereocenters. The summed E-state index contributed by atoms with van der Waals surface area (Å²) in [5.41, 5.74) is 1.20. The molecule has 0 bridgehead atoms. The monoisotopic (exact) mass is 228 g/mol. The van der Waals surface area contributed by atoms with E-state index in [0.29, 0.717) is 11.4 Å². The average Bonchev–Trinajstić information content (AvgIpc) is 2.83. The van der Waals surface area contributed by atoms with Crippen LogP contribution in [0.15, 0.2) is 30.6 Å². The molecule has 0 aliphatic heterocycles. The number of anilines is 1. The lowest BCUT2D eigenvalue weighted by molar-refractivity contribution is -0.115. The summed E-state index contributed by atoms with van der Waals surface area (Å²) in [6.07, 6.45) is 1.24. The predicted octanol–water partition coefficient (Wildman–Crippen LogP) is 0.514. The first kappa shape index (κ1) is 10.8. The smallest absolute Gasteiger partial charge is 0.238 e. The van der Waals surface area contributed by atoms with Crippen LogP contribution in [0.3, 0.4) is 0 Å². The summed E-state index contributed by atoms with van der Waals surface area (Å²) >= 11 is 0. The minimum atomic E-state index is -0.368. The van der Waals surface area contributed by atoms with E-state index in [2.05, 4.69) is 20.8 Å². The van der Waals surface area contributed by atoms with Gasteiger partial charge in [0.25, 0.3) is 0 Å². The molecule has 0 aliphatic rings. The summed E-state index contributed by atoms with van der Waals surface area (Å²) in [4.78, 5) is 11.3. The fraction of sp³-hybridized carbons (Fsp3) is 0.100. The third-order valence-corrected chi connectivity index (χ3v) is 2.01. The fourth-order valence-electron chi connectivity index (χ4n) is 1.32. The Morgan fingerprint density at radius 2 is 2.29 bits per heavy atom. The summed E-state index contributed by atoms with van der Waals surface area (Å²) in [6.45, 7) is 0.